The average molecular weight is 447 g/mol. The Morgan fingerprint density at radius 2 is 1.58 bits per heavy atom. The maximum Gasteiger partial charge on any atom is 0.335 e. The van der Waals surface area contributed by atoms with Gasteiger partial charge in [-0.3, -0.25) is 4.79 Å². The number of hydrogen-bond acceptors (Lipinski definition) is 4. The highest BCUT2D eigenvalue weighted by Crippen LogP contribution is 2.62. The van der Waals surface area contributed by atoms with Gasteiger partial charge in [-0.2, -0.15) is 0 Å². The molecule has 0 spiro atoms. The van der Waals surface area contributed by atoms with Crippen molar-refractivity contribution < 1.29 is 24.2 Å². The minimum Gasteiger partial charge on any atom is -0.478 e. The summed E-state index contributed by atoms with van der Waals surface area (Å²) >= 11 is 0. The van der Waals surface area contributed by atoms with Gasteiger partial charge < -0.3 is 14.6 Å². The van der Waals surface area contributed by atoms with Gasteiger partial charge in [-0.1, -0.05) is 18.2 Å². The Morgan fingerprint density at radius 1 is 0.970 bits per heavy atom. The number of methoxy groups -OCH3 is 1. The molecule has 6 rings (SSSR count). The molecule has 4 aliphatic carbocycles. The summed E-state index contributed by atoms with van der Waals surface area (Å²) in [6.07, 6.45) is 10.9. The summed E-state index contributed by atoms with van der Waals surface area (Å²) in [4.78, 5) is 24.1. The molecule has 4 bridgehead atoms. The maximum absolute atomic E-state index is 13.1. The highest BCUT2D eigenvalue weighted by Gasteiger charge is 2.52. The Labute approximate surface area is 194 Å². The summed E-state index contributed by atoms with van der Waals surface area (Å²) in [6.45, 7) is 0.193. The fourth-order valence-corrected chi connectivity index (χ4v) is 6.79. The summed E-state index contributed by atoms with van der Waals surface area (Å²) in [7, 11) is 1.62. The minimum absolute atomic E-state index is 0.0680. The van der Waals surface area contributed by atoms with Gasteiger partial charge in [0.2, 0.25) is 0 Å². The van der Waals surface area contributed by atoms with Crippen LogP contribution >= 0.6 is 0 Å². The first-order valence-corrected chi connectivity index (χ1v) is 11.8. The van der Waals surface area contributed by atoms with Crippen LogP contribution in [0.4, 0.5) is 0 Å². The number of carboxylic acids is 1. The standard InChI is InChI=1S/C28H30O5/c1-32-17-33-26-9-7-23(25(29)8-4-18-2-5-22(6-3-18)27(30)31)13-24(26)28-14-19-10-20(15-28)12-21(11-19)16-28/h2-9,13,19-21H,10-12,14-17H2,1H3,(H,30,31). The third-order valence-electron chi connectivity index (χ3n) is 7.79. The second kappa shape index (κ2) is 8.79. The Hall–Kier alpha value is -2.92. The zero-order chi connectivity index (χ0) is 23.0. The fourth-order valence-electron chi connectivity index (χ4n) is 6.79. The third kappa shape index (κ3) is 4.34. The van der Waals surface area contributed by atoms with E-state index in [-0.39, 0.29) is 23.6 Å². The first kappa shape index (κ1) is 21.9. The fraction of sp³-hybridized carbons (Fsp3) is 0.429. The Kier molecular flexibility index (Phi) is 5.83. The lowest BCUT2D eigenvalue weighted by Gasteiger charge is -2.57. The molecule has 5 nitrogen and oxygen atoms in total. The first-order chi connectivity index (χ1) is 16.0. The predicted molar refractivity (Wildman–Crippen MR) is 126 cm³/mol. The number of carbonyl (C=O) groups excluding carboxylic acids is 1. The van der Waals surface area contributed by atoms with Crippen LogP contribution in [0.1, 0.15) is 70.4 Å². The lowest BCUT2D eigenvalue weighted by atomic mass is 9.48. The van der Waals surface area contributed by atoms with Gasteiger partial charge in [-0.15, -0.1) is 0 Å². The van der Waals surface area contributed by atoms with Gasteiger partial charge >= 0.3 is 5.97 Å². The molecule has 0 amide bonds. The predicted octanol–water partition coefficient (Wildman–Crippen LogP) is 5.73. The van der Waals surface area contributed by atoms with Crippen molar-refractivity contribution in [1.29, 1.82) is 0 Å². The number of ketones is 1. The van der Waals surface area contributed by atoms with E-state index in [4.69, 9.17) is 14.6 Å². The number of ether oxygens (including phenoxy) is 2. The van der Waals surface area contributed by atoms with Gasteiger partial charge in [0.15, 0.2) is 12.6 Å². The average Bonchev–Trinajstić information content (AvgIpc) is 2.80. The molecular weight excluding hydrogens is 416 g/mol. The van der Waals surface area contributed by atoms with E-state index in [1.807, 2.05) is 12.1 Å². The van der Waals surface area contributed by atoms with E-state index < -0.39 is 5.97 Å². The third-order valence-corrected chi connectivity index (χ3v) is 7.79. The molecule has 33 heavy (non-hydrogen) atoms. The molecule has 2 aromatic carbocycles. The summed E-state index contributed by atoms with van der Waals surface area (Å²) in [6, 6.07) is 12.3. The minimum atomic E-state index is -0.963. The lowest BCUT2D eigenvalue weighted by Crippen LogP contribution is -2.48. The van der Waals surface area contributed by atoms with E-state index in [9.17, 15) is 9.59 Å². The van der Waals surface area contributed by atoms with Gasteiger partial charge in [0.05, 0.1) is 5.56 Å². The molecule has 2 aromatic rings. The topological polar surface area (TPSA) is 72.8 Å². The molecule has 4 aliphatic rings. The second-order valence-electron chi connectivity index (χ2n) is 10.1. The van der Waals surface area contributed by atoms with E-state index in [0.29, 0.717) is 5.56 Å². The van der Waals surface area contributed by atoms with Crippen LogP contribution in [0.3, 0.4) is 0 Å². The number of allylic oxidation sites excluding steroid dienone is 1. The number of benzene rings is 2. The van der Waals surface area contributed by atoms with Crippen LogP contribution < -0.4 is 4.74 Å². The molecule has 1 N–H and O–H groups in total. The zero-order valence-electron chi connectivity index (χ0n) is 19.0. The number of rotatable bonds is 8. The highest BCUT2D eigenvalue weighted by atomic mass is 16.7. The van der Waals surface area contributed by atoms with Gasteiger partial charge in [0.25, 0.3) is 0 Å². The SMILES string of the molecule is COCOc1ccc(C(=O)C=Cc2ccc(C(=O)O)cc2)cc1C12CC3CC(CC(C3)C1)C2. The number of carboxylic acid groups (broad SMARTS) is 1. The second-order valence-corrected chi connectivity index (χ2v) is 10.1. The summed E-state index contributed by atoms with van der Waals surface area (Å²) in [5.74, 6) is 2.18. The van der Waals surface area contributed by atoms with Crippen LogP contribution in [-0.4, -0.2) is 30.8 Å². The van der Waals surface area contributed by atoms with Crippen molar-refractivity contribution >= 4 is 17.8 Å². The molecule has 5 heteroatoms. The molecule has 0 atom stereocenters. The molecule has 4 saturated carbocycles. The molecule has 0 aliphatic heterocycles. The molecule has 4 fully saturated rings. The van der Waals surface area contributed by atoms with E-state index in [2.05, 4.69) is 6.07 Å². The molecule has 0 unspecified atom stereocenters. The summed E-state index contributed by atoms with van der Waals surface area (Å²) < 4.78 is 11.1. The monoisotopic (exact) mass is 446 g/mol. The molecule has 0 radical (unpaired) electrons. The van der Waals surface area contributed by atoms with Crippen LogP contribution in [-0.2, 0) is 10.2 Å². The number of carbonyl (C=O) groups is 2. The Morgan fingerprint density at radius 3 is 2.15 bits per heavy atom. The van der Waals surface area contributed by atoms with Crippen LogP contribution in [0.2, 0.25) is 0 Å². The van der Waals surface area contributed by atoms with Crippen molar-refractivity contribution in [3.63, 3.8) is 0 Å². The zero-order valence-corrected chi connectivity index (χ0v) is 19.0. The molecule has 172 valence electrons. The molecule has 0 aromatic heterocycles. The van der Waals surface area contributed by atoms with E-state index in [1.165, 1.54) is 44.1 Å². The lowest BCUT2D eigenvalue weighted by molar-refractivity contribution is -0.00884. The summed E-state index contributed by atoms with van der Waals surface area (Å²) in [5, 5.41) is 9.04. The van der Waals surface area contributed by atoms with E-state index in [0.717, 1.165) is 29.1 Å². The van der Waals surface area contributed by atoms with Gasteiger partial charge in [0, 0.05) is 18.2 Å². The highest BCUT2D eigenvalue weighted by molar-refractivity contribution is 6.07. The van der Waals surface area contributed by atoms with Crippen molar-refractivity contribution in [3.8, 4) is 5.75 Å². The van der Waals surface area contributed by atoms with E-state index in [1.54, 1.807) is 43.5 Å². The van der Waals surface area contributed by atoms with Crippen LogP contribution in [0.5, 0.6) is 5.75 Å². The van der Waals surface area contributed by atoms with Crippen molar-refractivity contribution in [2.75, 3.05) is 13.9 Å². The normalized spacial score (nSPS) is 27.7. The number of hydrogen-bond donors (Lipinski definition) is 1. The van der Waals surface area contributed by atoms with Crippen molar-refractivity contribution in [3.05, 3.63) is 70.8 Å². The van der Waals surface area contributed by atoms with Gasteiger partial charge in [-0.05, 0) is 104 Å². The quantitative estimate of drug-likeness (QED) is 0.318. The molecule has 0 heterocycles. The van der Waals surface area contributed by atoms with Crippen LogP contribution in [0.15, 0.2) is 48.5 Å². The summed E-state index contributed by atoms with van der Waals surface area (Å²) in [5.41, 5.74) is 2.94. The number of aromatic carboxylic acids is 1. The van der Waals surface area contributed by atoms with Crippen molar-refractivity contribution in [1.82, 2.24) is 0 Å². The van der Waals surface area contributed by atoms with E-state index >= 15 is 0 Å². The smallest absolute Gasteiger partial charge is 0.335 e. The maximum atomic E-state index is 13.1. The van der Waals surface area contributed by atoms with Crippen LogP contribution in [0.25, 0.3) is 6.08 Å². The van der Waals surface area contributed by atoms with Gasteiger partial charge in [-0.25, -0.2) is 4.79 Å². The van der Waals surface area contributed by atoms with Crippen molar-refractivity contribution in [2.45, 2.75) is 43.9 Å². The Bertz CT molecular complexity index is 1050. The Balaban J connectivity index is 1.43. The molecular formula is C28H30O5. The van der Waals surface area contributed by atoms with Crippen molar-refractivity contribution in [2.24, 2.45) is 17.8 Å². The first-order valence-electron chi connectivity index (χ1n) is 11.8. The molecule has 0 saturated heterocycles. The largest absolute Gasteiger partial charge is 0.478 e. The van der Waals surface area contributed by atoms with Gasteiger partial charge in [0.1, 0.15) is 5.75 Å². The van der Waals surface area contributed by atoms with Crippen LogP contribution in [0, 0.1) is 17.8 Å².